The quantitative estimate of drug-likeness (QED) is 0.773. The molecule has 0 fully saturated rings. The van der Waals surface area contributed by atoms with E-state index in [0.717, 1.165) is 17.3 Å². The van der Waals surface area contributed by atoms with Gasteiger partial charge in [-0.2, -0.15) is 0 Å². The minimum atomic E-state index is 0.643. The molecule has 1 nitrogen and oxygen atoms in total. The highest BCUT2D eigenvalue weighted by Gasteiger charge is 1.97. The normalized spacial score (nSPS) is 10.3. The minimum Gasteiger partial charge on any atom is -0.311 e. The Morgan fingerprint density at radius 3 is 2.85 bits per heavy atom. The summed E-state index contributed by atoms with van der Waals surface area (Å²) >= 11 is 13.0. The van der Waals surface area contributed by atoms with Gasteiger partial charge in [-0.3, -0.25) is 0 Å². The van der Waals surface area contributed by atoms with Gasteiger partial charge >= 0.3 is 0 Å². The average molecular weight is 236 g/mol. The van der Waals surface area contributed by atoms with Gasteiger partial charge in [-0.1, -0.05) is 29.8 Å². The molecule has 0 saturated heterocycles. The predicted molar refractivity (Wildman–Crippen MR) is 60.9 cm³/mol. The van der Waals surface area contributed by atoms with Crippen LogP contribution in [0.3, 0.4) is 0 Å². The molecule has 13 heavy (non-hydrogen) atoms. The van der Waals surface area contributed by atoms with Crippen molar-refractivity contribution in [2.24, 2.45) is 0 Å². The van der Waals surface area contributed by atoms with Crippen molar-refractivity contribution in [1.82, 2.24) is 5.32 Å². The largest absolute Gasteiger partial charge is 0.311 e. The van der Waals surface area contributed by atoms with Crippen LogP contribution in [0.4, 0.5) is 0 Å². The Kier molecular flexibility index (Phi) is 4.81. The summed E-state index contributed by atoms with van der Waals surface area (Å²) in [5.41, 5.74) is 0. The van der Waals surface area contributed by atoms with Crippen molar-refractivity contribution in [1.29, 1.82) is 0 Å². The summed E-state index contributed by atoms with van der Waals surface area (Å²) < 4.78 is 0.844. The smallest absolute Gasteiger partial charge is 0.0931 e. The molecular weight excluding hydrogens is 225 g/mol. The first-order valence-electron chi connectivity index (χ1n) is 3.96. The summed E-state index contributed by atoms with van der Waals surface area (Å²) in [5, 5.41) is 3.82. The Balaban J connectivity index is 2.16. The average Bonchev–Trinajstić information content (AvgIpc) is 2.45. The molecule has 1 aromatic heterocycles. The van der Waals surface area contributed by atoms with Crippen LogP contribution in [0.25, 0.3) is 0 Å². The number of hydrogen-bond acceptors (Lipinski definition) is 2. The second-order valence-electron chi connectivity index (χ2n) is 2.65. The van der Waals surface area contributed by atoms with Crippen molar-refractivity contribution >= 4 is 34.5 Å². The van der Waals surface area contributed by atoms with Crippen molar-refractivity contribution in [2.75, 3.05) is 13.1 Å². The van der Waals surface area contributed by atoms with Crippen LogP contribution in [-0.2, 0) is 6.42 Å². The number of nitrogens with one attached hydrogen (secondary N) is 1. The van der Waals surface area contributed by atoms with Crippen molar-refractivity contribution in [3.63, 3.8) is 0 Å². The van der Waals surface area contributed by atoms with Crippen molar-refractivity contribution in [3.8, 4) is 0 Å². The number of rotatable bonds is 5. The summed E-state index contributed by atoms with van der Waals surface area (Å²) in [6.45, 7) is 5.16. The zero-order valence-corrected chi connectivity index (χ0v) is 9.48. The molecule has 0 radical (unpaired) electrons. The molecule has 0 aliphatic carbocycles. The molecule has 1 rings (SSSR count). The molecule has 0 amide bonds. The van der Waals surface area contributed by atoms with E-state index in [1.807, 2.05) is 12.1 Å². The third-order valence-corrected chi connectivity index (χ3v) is 2.92. The lowest BCUT2D eigenvalue weighted by Crippen LogP contribution is -2.17. The van der Waals surface area contributed by atoms with Gasteiger partial charge in [0, 0.05) is 23.0 Å². The molecule has 0 bridgehead atoms. The maximum Gasteiger partial charge on any atom is 0.0931 e. The van der Waals surface area contributed by atoms with E-state index in [4.69, 9.17) is 23.2 Å². The lowest BCUT2D eigenvalue weighted by Gasteiger charge is -2.00. The van der Waals surface area contributed by atoms with E-state index in [1.54, 1.807) is 11.3 Å². The van der Waals surface area contributed by atoms with Gasteiger partial charge in [-0.05, 0) is 18.6 Å². The van der Waals surface area contributed by atoms with Crippen molar-refractivity contribution in [2.45, 2.75) is 6.42 Å². The van der Waals surface area contributed by atoms with Crippen LogP contribution in [0.1, 0.15) is 4.88 Å². The summed E-state index contributed by atoms with van der Waals surface area (Å²) in [7, 11) is 0. The van der Waals surface area contributed by atoms with E-state index in [9.17, 15) is 0 Å². The zero-order chi connectivity index (χ0) is 9.68. The lowest BCUT2D eigenvalue weighted by atomic mass is 10.3. The first-order chi connectivity index (χ1) is 6.18. The zero-order valence-electron chi connectivity index (χ0n) is 7.15. The van der Waals surface area contributed by atoms with Gasteiger partial charge in [0.05, 0.1) is 4.34 Å². The Labute approximate surface area is 92.4 Å². The summed E-state index contributed by atoms with van der Waals surface area (Å²) in [6.07, 6.45) is 0.988. The van der Waals surface area contributed by atoms with Crippen LogP contribution >= 0.6 is 34.5 Å². The summed E-state index contributed by atoms with van der Waals surface area (Å²) in [5.74, 6) is 0. The van der Waals surface area contributed by atoms with Gasteiger partial charge in [0.2, 0.25) is 0 Å². The van der Waals surface area contributed by atoms with Gasteiger partial charge in [0.15, 0.2) is 0 Å². The SMILES string of the molecule is C=C(Cl)CNCCc1ccc(Cl)s1. The standard InChI is InChI=1S/C9H11Cl2NS/c1-7(10)6-12-5-4-8-2-3-9(11)13-8/h2-3,12H,1,4-6H2. The molecule has 4 heteroatoms. The van der Waals surface area contributed by atoms with Gasteiger partial charge in [0.25, 0.3) is 0 Å². The van der Waals surface area contributed by atoms with Gasteiger partial charge in [-0.25, -0.2) is 0 Å². The first kappa shape index (κ1) is 11.1. The maximum atomic E-state index is 5.79. The highest BCUT2D eigenvalue weighted by Crippen LogP contribution is 2.21. The Bertz CT molecular complexity index is 283. The number of halogens is 2. The fraction of sp³-hybridized carbons (Fsp3) is 0.333. The fourth-order valence-electron chi connectivity index (χ4n) is 0.922. The summed E-state index contributed by atoms with van der Waals surface area (Å²) in [6, 6.07) is 3.96. The molecule has 0 atom stereocenters. The molecule has 0 aliphatic heterocycles. The van der Waals surface area contributed by atoms with Gasteiger partial charge in [0.1, 0.15) is 0 Å². The molecule has 0 spiro atoms. The molecular formula is C9H11Cl2NS. The van der Waals surface area contributed by atoms with Gasteiger partial charge in [-0.15, -0.1) is 11.3 Å². The topological polar surface area (TPSA) is 12.0 Å². The maximum absolute atomic E-state index is 5.79. The number of hydrogen-bond donors (Lipinski definition) is 1. The van der Waals surface area contributed by atoms with Gasteiger partial charge < -0.3 is 5.32 Å². The van der Waals surface area contributed by atoms with E-state index in [0.29, 0.717) is 11.6 Å². The van der Waals surface area contributed by atoms with Crippen LogP contribution in [0.2, 0.25) is 4.34 Å². The van der Waals surface area contributed by atoms with Crippen LogP contribution in [0.15, 0.2) is 23.7 Å². The second kappa shape index (κ2) is 5.66. The van der Waals surface area contributed by atoms with E-state index in [1.165, 1.54) is 4.88 Å². The Morgan fingerprint density at radius 2 is 2.31 bits per heavy atom. The Morgan fingerprint density at radius 1 is 1.54 bits per heavy atom. The highest BCUT2D eigenvalue weighted by atomic mass is 35.5. The van der Waals surface area contributed by atoms with Crippen LogP contribution < -0.4 is 5.32 Å². The lowest BCUT2D eigenvalue weighted by molar-refractivity contribution is 0.746. The van der Waals surface area contributed by atoms with E-state index in [-0.39, 0.29) is 0 Å². The van der Waals surface area contributed by atoms with Crippen molar-refractivity contribution in [3.05, 3.63) is 33.0 Å². The molecule has 0 aromatic carbocycles. The molecule has 1 aromatic rings. The third-order valence-electron chi connectivity index (χ3n) is 1.49. The minimum absolute atomic E-state index is 0.643. The second-order valence-corrected chi connectivity index (χ2v) is 4.98. The molecule has 72 valence electrons. The fourth-order valence-corrected chi connectivity index (χ4v) is 2.10. The predicted octanol–water partition coefficient (Wildman–Crippen LogP) is 3.29. The van der Waals surface area contributed by atoms with E-state index in [2.05, 4.69) is 11.9 Å². The highest BCUT2D eigenvalue weighted by molar-refractivity contribution is 7.16. The molecule has 0 unspecified atom stereocenters. The van der Waals surface area contributed by atoms with Crippen molar-refractivity contribution < 1.29 is 0 Å². The molecule has 1 N–H and O–H groups in total. The van der Waals surface area contributed by atoms with Crippen LogP contribution in [-0.4, -0.2) is 13.1 Å². The van der Waals surface area contributed by atoms with E-state index < -0.39 is 0 Å². The van der Waals surface area contributed by atoms with E-state index >= 15 is 0 Å². The van der Waals surface area contributed by atoms with Crippen LogP contribution in [0.5, 0.6) is 0 Å². The third kappa shape index (κ3) is 4.67. The van der Waals surface area contributed by atoms with Crippen LogP contribution in [0, 0.1) is 0 Å². The molecule has 0 aliphatic rings. The first-order valence-corrected chi connectivity index (χ1v) is 5.54. The monoisotopic (exact) mass is 235 g/mol. The molecule has 0 saturated carbocycles. The number of thiophene rings is 1. The Hall–Kier alpha value is -0.0200. The summed E-state index contributed by atoms with van der Waals surface area (Å²) in [4.78, 5) is 1.29. The molecule has 1 heterocycles.